The number of sulfonamides is 1. The van der Waals surface area contributed by atoms with Crippen LogP contribution in [0.3, 0.4) is 0 Å². The van der Waals surface area contributed by atoms with Crippen molar-refractivity contribution < 1.29 is 27.5 Å². The topological polar surface area (TPSA) is 141 Å². The molecule has 1 saturated heterocycles. The molecule has 0 aromatic carbocycles. The lowest BCUT2D eigenvalue weighted by atomic mass is 10.0. The van der Waals surface area contributed by atoms with Gasteiger partial charge in [0.1, 0.15) is 21.5 Å². The van der Waals surface area contributed by atoms with Crippen LogP contribution in [0.5, 0.6) is 5.75 Å². The molecule has 11 nitrogen and oxygen atoms in total. The van der Waals surface area contributed by atoms with Crippen molar-refractivity contribution in [3.05, 3.63) is 34.5 Å². The number of unbranched alkanes of at least 4 members (excludes halogenated alkanes) is 13. The number of cyclic esters (lactones) is 1. The van der Waals surface area contributed by atoms with Gasteiger partial charge in [-0.05, 0) is 13.5 Å². The first-order chi connectivity index (χ1) is 20.7. The van der Waals surface area contributed by atoms with E-state index in [0.717, 1.165) is 31.8 Å². The number of rotatable bonds is 20. The molecule has 2 aromatic heterocycles. The van der Waals surface area contributed by atoms with Gasteiger partial charge in [-0.25, -0.2) is 32.9 Å². The standard InChI is InChI=1S/C29H41Cl2N5O6S/c1-3-4-5-6-7-8-9-10-11-12-13-14-15-16-17-41-22-18-21(43(39,40)32-2)19-33-27(22)36-28(37)24(42-29(36)38)23-25(30)34-20-35-26(23)31/h18-20,24,32H,3-17H2,1-2H3. The molecule has 1 unspecified atom stereocenters. The minimum atomic E-state index is -3.88. The van der Waals surface area contributed by atoms with Crippen LogP contribution in [0.15, 0.2) is 23.5 Å². The highest BCUT2D eigenvalue weighted by molar-refractivity contribution is 7.89. The molecule has 1 fully saturated rings. The molecule has 0 aliphatic carbocycles. The summed E-state index contributed by atoms with van der Waals surface area (Å²) in [5, 5.41) is -0.295. The van der Waals surface area contributed by atoms with E-state index in [-0.39, 0.29) is 38.9 Å². The molecule has 1 aliphatic rings. The van der Waals surface area contributed by atoms with E-state index in [9.17, 15) is 18.0 Å². The molecule has 14 heteroatoms. The minimum absolute atomic E-state index is 0.0570. The van der Waals surface area contributed by atoms with Gasteiger partial charge in [0, 0.05) is 12.3 Å². The number of nitrogens with zero attached hydrogens (tertiary/aromatic N) is 4. The van der Waals surface area contributed by atoms with Crippen molar-refractivity contribution in [2.45, 2.75) is 108 Å². The summed E-state index contributed by atoms with van der Waals surface area (Å²) in [6.07, 6.45) is 16.5. The van der Waals surface area contributed by atoms with Gasteiger partial charge >= 0.3 is 6.09 Å². The Kier molecular flexibility index (Phi) is 14.4. The van der Waals surface area contributed by atoms with Crippen molar-refractivity contribution in [1.82, 2.24) is 19.7 Å². The Morgan fingerprint density at radius 3 is 1.95 bits per heavy atom. The number of nitrogens with one attached hydrogen (secondary N) is 1. The predicted molar refractivity (Wildman–Crippen MR) is 165 cm³/mol. The largest absolute Gasteiger partial charge is 0.490 e. The zero-order valence-electron chi connectivity index (χ0n) is 24.8. The van der Waals surface area contributed by atoms with E-state index in [1.165, 1.54) is 77.3 Å². The summed E-state index contributed by atoms with van der Waals surface area (Å²) in [4.78, 5) is 38.3. The number of hydrogen-bond donors (Lipinski definition) is 1. The number of hydrogen-bond acceptors (Lipinski definition) is 9. The molecule has 0 radical (unpaired) electrons. The monoisotopic (exact) mass is 657 g/mol. The summed E-state index contributed by atoms with van der Waals surface area (Å²) in [5.74, 6) is -1.11. The first kappa shape index (κ1) is 34.9. The SMILES string of the molecule is CCCCCCCCCCCCCCCCOc1cc(S(=O)(=O)NC)cnc1N1C(=O)OC(c2c(Cl)ncnc2Cl)C1=O. The Morgan fingerprint density at radius 2 is 1.42 bits per heavy atom. The van der Waals surface area contributed by atoms with Gasteiger partial charge in [-0.15, -0.1) is 0 Å². The van der Waals surface area contributed by atoms with Crippen molar-refractivity contribution in [2.75, 3.05) is 18.6 Å². The smallest absolute Gasteiger partial charge is 0.423 e. The van der Waals surface area contributed by atoms with E-state index in [2.05, 4.69) is 26.6 Å². The second-order valence-corrected chi connectivity index (χ2v) is 13.1. The van der Waals surface area contributed by atoms with Gasteiger partial charge in [0.05, 0.1) is 12.2 Å². The van der Waals surface area contributed by atoms with Gasteiger partial charge in [-0.2, -0.15) is 4.90 Å². The van der Waals surface area contributed by atoms with Crippen LogP contribution in [-0.4, -0.2) is 49.0 Å². The zero-order valence-corrected chi connectivity index (χ0v) is 27.1. The van der Waals surface area contributed by atoms with E-state index in [0.29, 0.717) is 11.3 Å². The van der Waals surface area contributed by atoms with E-state index in [1.54, 1.807) is 0 Å². The number of aromatic nitrogens is 3. The van der Waals surface area contributed by atoms with E-state index in [1.807, 2.05) is 0 Å². The molecule has 0 saturated carbocycles. The van der Waals surface area contributed by atoms with Crippen molar-refractivity contribution in [3.63, 3.8) is 0 Å². The van der Waals surface area contributed by atoms with E-state index < -0.39 is 28.1 Å². The Labute approximate surface area is 264 Å². The third-order valence-electron chi connectivity index (χ3n) is 7.25. The fourth-order valence-electron chi connectivity index (χ4n) is 4.79. The molecule has 3 rings (SSSR count). The summed E-state index contributed by atoms with van der Waals surface area (Å²) in [5.41, 5.74) is -0.0639. The summed E-state index contributed by atoms with van der Waals surface area (Å²) >= 11 is 12.2. The number of carbonyl (C=O) groups excluding carboxylic acids is 2. The maximum Gasteiger partial charge on any atom is 0.423 e. The second kappa shape index (κ2) is 17.7. The highest BCUT2D eigenvalue weighted by Crippen LogP contribution is 2.39. The van der Waals surface area contributed by atoms with Gasteiger partial charge < -0.3 is 9.47 Å². The molecule has 3 heterocycles. The van der Waals surface area contributed by atoms with Gasteiger partial charge in [0.15, 0.2) is 11.6 Å². The van der Waals surface area contributed by atoms with Crippen LogP contribution in [0.4, 0.5) is 10.6 Å². The fourth-order valence-corrected chi connectivity index (χ4v) is 5.99. The van der Waals surface area contributed by atoms with E-state index in [4.69, 9.17) is 32.7 Å². The Balaban J connectivity index is 1.55. The Hall–Kier alpha value is -2.54. The van der Waals surface area contributed by atoms with Crippen molar-refractivity contribution in [1.29, 1.82) is 0 Å². The first-order valence-electron chi connectivity index (χ1n) is 15.0. The first-order valence-corrected chi connectivity index (χ1v) is 17.2. The summed E-state index contributed by atoms with van der Waals surface area (Å²) < 4.78 is 38.2. The molecule has 2 aromatic rings. The average Bonchev–Trinajstić information content (AvgIpc) is 3.27. The van der Waals surface area contributed by atoms with Crippen LogP contribution in [-0.2, 0) is 19.6 Å². The maximum absolute atomic E-state index is 13.3. The highest BCUT2D eigenvalue weighted by atomic mass is 35.5. The second-order valence-electron chi connectivity index (χ2n) is 10.5. The lowest BCUT2D eigenvalue weighted by molar-refractivity contribution is -0.122. The van der Waals surface area contributed by atoms with Crippen LogP contribution in [0, 0.1) is 0 Å². The molecule has 0 bridgehead atoms. The Morgan fingerprint density at radius 1 is 0.884 bits per heavy atom. The van der Waals surface area contributed by atoms with E-state index >= 15 is 0 Å². The average molecular weight is 659 g/mol. The van der Waals surface area contributed by atoms with Gasteiger partial charge in [0.2, 0.25) is 16.1 Å². The van der Waals surface area contributed by atoms with Crippen molar-refractivity contribution in [2.24, 2.45) is 0 Å². The van der Waals surface area contributed by atoms with Crippen LogP contribution in [0.2, 0.25) is 10.3 Å². The summed E-state index contributed by atoms with van der Waals surface area (Å²) in [7, 11) is -2.61. The third-order valence-corrected chi connectivity index (χ3v) is 9.23. The van der Waals surface area contributed by atoms with Crippen molar-refractivity contribution >= 4 is 51.0 Å². The third kappa shape index (κ3) is 9.99. The van der Waals surface area contributed by atoms with Crippen LogP contribution < -0.4 is 14.4 Å². The molecular weight excluding hydrogens is 617 g/mol. The highest BCUT2D eigenvalue weighted by Gasteiger charge is 2.47. The number of halogens is 2. The van der Waals surface area contributed by atoms with Gasteiger partial charge in [-0.1, -0.05) is 114 Å². The summed E-state index contributed by atoms with van der Waals surface area (Å²) in [6.45, 7) is 2.48. The fraction of sp³-hybridized carbons (Fsp3) is 0.621. The van der Waals surface area contributed by atoms with Crippen LogP contribution in [0.25, 0.3) is 0 Å². The molecule has 238 valence electrons. The molecule has 1 atom stereocenters. The summed E-state index contributed by atoms with van der Waals surface area (Å²) in [6, 6.07) is 1.22. The molecule has 1 aliphatic heterocycles. The molecule has 2 amide bonds. The predicted octanol–water partition coefficient (Wildman–Crippen LogP) is 7.17. The van der Waals surface area contributed by atoms with Crippen LogP contribution in [0.1, 0.15) is 108 Å². The maximum atomic E-state index is 13.3. The number of ether oxygens (including phenoxy) is 2. The normalized spacial score (nSPS) is 15.3. The Bertz CT molecular complexity index is 1310. The number of pyridine rings is 1. The quantitative estimate of drug-likeness (QED) is 0.116. The number of imide groups is 1. The lowest BCUT2D eigenvalue weighted by Crippen LogP contribution is -2.31. The zero-order chi connectivity index (χ0) is 31.2. The number of amides is 2. The molecule has 43 heavy (non-hydrogen) atoms. The number of anilines is 1. The lowest BCUT2D eigenvalue weighted by Gasteiger charge is -2.17. The number of carbonyl (C=O) groups is 2. The molecule has 1 N–H and O–H groups in total. The van der Waals surface area contributed by atoms with Gasteiger partial charge in [0.25, 0.3) is 5.91 Å². The minimum Gasteiger partial charge on any atom is -0.490 e. The van der Waals surface area contributed by atoms with Crippen LogP contribution >= 0.6 is 23.2 Å². The van der Waals surface area contributed by atoms with Crippen molar-refractivity contribution in [3.8, 4) is 5.75 Å². The molecular formula is C29H41Cl2N5O6S. The van der Waals surface area contributed by atoms with Gasteiger partial charge in [-0.3, -0.25) is 4.79 Å². The molecule has 0 spiro atoms.